The number of aryl methyl sites for hydroxylation is 1. The smallest absolute Gasteiger partial charge is 0.222 e. The highest BCUT2D eigenvalue weighted by Gasteiger charge is 2.17. The second-order valence-corrected chi connectivity index (χ2v) is 6.77. The van der Waals surface area contributed by atoms with Gasteiger partial charge in [0, 0.05) is 39.1 Å². The molecule has 2 aromatic carbocycles. The van der Waals surface area contributed by atoms with E-state index < -0.39 is 0 Å². The maximum Gasteiger partial charge on any atom is 0.222 e. The van der Waals surface area contributed by atoms with Crippen LogP contribution >= 0.6 is 0 Å². The van der Waals surface area contributed by atoms with Crippen molar-refractivity contribution in [3.05, 3.63) is 59.7 Å². The van der Waals surface area contributed by atoms with Gasteiger partial charge >= 0.3 is 0 Å². The van der Waals surface area contributed by atoms with Gasteiger partial charge in [0.25, 0.3) is 0 Å². The summed E-state index contributed by atoms with van der Waals surface area (Å²) in [4.78, 5) is 24.9. The minimum absolute atomic E-state index is 0.191. The van der Waals surface area contributed by atoms with E-state index in [1.165, 1.54) is 0 Å². The van der Waals surface area contributed by atoms with Crippen LogP contribution in [-0.2, 0) is 22.4 Å². The van der Waals surface area contributed by atoms with E-state index in [0.717, 1.165) is 48.8 Å². The van der Waals surface area contributed by atoms with Gasteiger partial charge in [-0.2, -0.15) is 0 Å². The number of hydrogen-bond donors (Lipinski definition) is 2. The third kappa shape index (κ3) is 5.57. The Kier molecular flexibility index (Phi) is 7.44. The van der Waals surface area contributed by atoms with Crippen molar-refractivity contribution < 1.29 is 14.3 Å². The Morgan fingerprint density at radius 3 is 2.25 bits per heavy atom. The number of carbonyl (C=O) groups excluding carboxylic acids is 2. The molecule has 28 heavy (non-hydrogen) atoms. The van der Waals surface area contributed by atoms with Crippen molar-refractivity contribution in [1.29, 1.82) is 0 Å². The number of nitrogens with one attached hydrogen (secondary N) is 2. The number of carbonyl (C=O) groups is 2. The number of nitrogens with zero attached hydrogens (tertiary/aromatic N) is 1. The molecule has 2 N–H and O–H groups in total. The van der Waals surface area contributed by atoms with Gasteiger partial charge in [-0.1, -0.05) is 36.4 Å². The number of para-hydroxylation sites is 2. The Labute approximate surface area is 165 Å². The minimum Gasteiger partial charge on any atom is -0.457 e. The molecule has 0 unspecified atom stereocenters. The zero-order valence-electron chi connectivity index (χ0n) is 16.0. The molecule has 0 aliphatic carbocycles. The monoisotopic (exact) mass is 381 g/mol. The number of rotatable bonds is 9. The van der Waals surface area contributed by atoms with Gasteiger partial charge < -0.3 is 20.3 Å². The van der Waals surface area contributed by atoms with E-state index in [0.29, 0.717) is 32.2 Å². The lowest BCUT2D eigenvalue weighted by atomic mass is 10.1. The summed E-state index contributed by atoms with van der Waals surface area (Å²) in [5, 5.41) is 5.95. The molecule has 148 valence electrons. The third-order valence-electron chi connectivity index (χ3n) is 4.87. The molecule has 1 heterocycles. The third-order valence-corrected chi connectivity index (χ3v) is 4.87. The standard InChI is InChI=1S/C22H27N3O3/c26-17-24-12-11-19-6-2-4-8-21(19)28-20-7-3-1-5-18(20)9-10-22(27)25-15-13-23-14-16-25/h1-8,17,23H,9-16H2,(H,24,26). The topological polar surface area (TPSA) is 70.7 Å². The number of ether oxygens (including phenoxy) is 1. The lowest BCUT2D eigenvalue weighted by molar-refractivity contribution is -0.131. The first-order chi connectivity index (χ1) is 13.8. The fourth-order valence-electron chi connectivity index (χ4n) is 3.32. The molecule has 1 fully saturated rings. The van der Waals surface area contributed by atoms with Gasteiger partial charge in [-0.3, -0.25) is 9.59 Å². The van der Waals surface area contributed by atoms with Crippen LogP contribution in [0.5, 0.6) is 11.5 Å². The van der Waals surface area contributed by atoms with E-state index in [2.05, 4.69) is 10.6 Å². The molecule has 3 rings (SSSR count). The summed E-state index contributed by atoms with van der Waals surface area (Å²) in [6.45, 7) is 3.84. The summed E-state index contributed by atoms with van der Waals surface area (Å²) in [6, 6.07) is 15.7. The summed E-state index contributed by atoms with van der Waals surface area (Å²) in [7, 11) is 0. The first-order valence-electron chi connectivity index (χ1n) is 9.77. The molecule has 2 aromatic rings. The van der Waals surface area contributed by atoms with E-state index in [1.54, 1.807) is 0 Å². The molecule has 1 aliphatic rings. The molecular weight excluding hydrogens is 354 g/mol. The van der Waals surface area contributed by atoms with E-state index >= 15 is 0 Å². The highest BCUT2D eigenvalue weighted by Crippen LogP contribution is 2.29. The Hall–Kier alpha value is -2.86. The molecule has 6 nitrogen and oxygen atoms in total. The molecule has 0 radical (unpaired) electrons. The molecule has 1 saturated heterocycles. The number of hydrogen-bond acceptors (Lipinski definition) is 4. The molecule has 1 aliphatic heterocycles. The van der Waals surface area contributed by atoms with Gasteiger partial charge in [-0.05, 0) is 36.1 Å². The van der Waals surface area contributed by atoms with E-state index in [-0.39, 0.29) is 5.91 Å². The zero-order chi connectivity index (χ0) is 19.6. The van der Waals surface area contributed by atoms with Crippen LogP contribution in [0.25, 0.3) is 0 Å². The summed E-state index contributed by atoms with van der Waals surface area (Å²) in [6.07, 6.45) is 2.52. The quantitative estimate of drug-likeness (QED) is 0.516. The van der Waals surface area contributed by atoms with Crippen molar-refractivity contribution in [3.63, 3.8) is 0 Å². The average Bonchev–Trinajstić information content (AvgIpc) is 2.75. The Bertz CT molecular complexity index is 788. The largest absolute Gasteiger partial charge is 0.457 e. The van der Waals surface area contributed by atoms with Crippen LogP contribution < -0.4 is 15.4 Å². The molecule has 0 saturated carbocycles. The fraction of sp³-hybridized carbons (Fsp3) is 0.364. The van der Waals surface area contributed by atoms with Gasteiger partial charge in [-0.25, -0.2) is 0 Å². The predicted molar refractivity (Wildman–Crippen MR) is 108 cm³/mol. The summed E-state index contributed by atoms with van der Waals surface area (Å²) in [5.74, 6) is 1.74. The van der Waals surface area contributed by atoms with Crippen LogP contribution in [0.2, 0.25) is 0 Å². The van der Waals surface area contributed by atoms with Crippen LogP contribution in [0, 0.1) is 0 Å². The summed E-state index contributed by atoms with van der Waals surface area (Å²) < 4.78 is 6.20. The first-order valence-corrected chi connectivity index (χ1v) is 9.77. The molecule has 2 amide bonds. The molecule has 0 spiro atoms. The highest BCUT2D eigenvalue weighted by atomic mass is 16.5. The van der Waals surface area contributed by atoms with Crippen molar-refractivity contribution in [2.24, 2.45) is 0 Å². The van der Waals surface area contributed by atoms with E-state index in [4.69, 9.17) is 4.74 Å². The fourth-order valence-corrected chi connectivity index (χ4v) is 3.32. The van der Waals surface area contributed by atoms with Gasteiger partial charge in [0.1, 0.15) is 11.5 Å². The SMILES string of the molecule is O=CNCCc1ccccc1Oc1ccccc1CCC(=O)N1CCNCC1. The van der Waals surface area contributed by atoms with E-state index in [9.17, 15) is 9.59 Å². The Morgan fingerprint density at radius 2 is 1.61 bits per heavy atom. The summed E-state index contributed by atoms with van der Waals surface area (Å²) in [5.41, 5.74) is 2.05. The molecule has 0 atom stereocenters. The summed E-state index contributed by atoms with van der Waals surface area (Å²) >= 11 is 0. The van der Waals surface area contributed by atoms with Crippen molar-refractivity contribution in [1.82, 2.24) is 15.5 Å². The molecule has 0 aromatic heterocycles. The predicted octanol–water partition coefficient (Wildman–Crippen LogP) is 2.13. The molecular formula is C22H27N3O3. The van der Waals surface area contributed by atoms with Crippen LogP contribution in [0.15, 0.2) is 48.5 Å². The van der Waals surface area contributed by atoms with Crippen LogP contribution in [0.1, 0.15) is 17.5 Å². The zero-order valence-corrected chi connectivity index (χ0v) is 16.0. The van der Waals surface area contributed by atoms with Crippen molar-refractivity contribution in [3.8, 4) is 11.5 Å². The van der Waals surface area contributed by atoms with E-state index in [1.807, 2.05) is 53.4 Å². The van der Waals surface area contributed by atoms with Crippen LogP contribution in [-0.4, -0.2) is 49.9 Å². The average molecular weight is 381 g/mol. The van der Waals surface area contributed by atoms with Gasteiger partial charge in [-0.15, -0.1) is 0 Å². The number of piperazine rings is 1. The van der Waals surface area contributed by atoms with Crippen LogP contribution in [0.3, 0.4) is 0 Å². The highest BCUT2D eigenvalue weighted by molar-refractivity contribution is 5.76. The number of benzene rings is 2. The van der Waals surface area contributed by atoms with Gasteiger partial charge in [0.2, 0.25) is 12.3 Å². The number of amides is 2. The van der Waals surface area contributed by atoms with Gasteiger partial charge in [0.05, 0.1) is 0 Å². The van der Waals surface area contributed by atoms with Gasteiger partial charge in [0.15, 0.2) is 0 Å². The second kappa shape index (κ2) is 10.5. The van der Waals surface area contributed by atoms with Crippen LogP contribution in [0.4, 0.5) is 0 Å². The van der Waals surface area contributed by atoms with Crippen molar-refractivity contribution >= 4 is 12.3 Å². The van der Waals surface area contributed by atoms with Crippen molar-refractivity contribution in [2.75, 3.05) is 32.7 Å². The second-order valence-electron chi connectivity index (χ2n) is 6.77. The first kappa shape index (κ1) is 19.9. The maximum atomic E-state index is 12.5. The lowest BCUT2D eigenvalue weighted by Crippen LogP contribution is -2.46. The Balaban J connectivity index is 1.65. The van der Waals surface area contributed by atoms with Crippen molar-refractivity contribution in [2.45, 2.75) is 19.3 Å². The molecule has 0 bridgehead atoms. The molecule has 6 heteroatoms. The normalized spacial score (nSPS) is 13.8. The Morgan fingerprint density at radius 1 is 1.00 bits per heavy atom. The lowest BCUT2D eigenvalue weighted by Gasteiger charge is -2.27. The maximum absolute atomic E-state index is 12.5. The minimum atomic E-state index is 0.191.